The highest BCUT2D eigenvalue weighted by atomic mass is 19.1. The number of hydrogen-bond donors (Lipinski definition) is 0. The fourth-order valence-corrected chi connectivity index (χ4v) is 4.01. The summed E-state index contributed by atoms with van der Waals surface area (Å²) in [5, 5.41) is 0. The van der Waals surface area contributed by atoms with Gasteiger partial charge in [-0.05, 0) is 45.2 Å². The van der Waals surface area contributed by atoms with Crippen molar-refractivity contribution < 1.29 is 18.3 Å². The Morgan fingerprint density at radius 2 is 2.06 bits per heavy atom. The van der Waals surface area contributed by atoms with Crippen molar-refractivity contribution in [3.05, 3.63) is 63.3 Å². The molecule has 31 heavy (non-hydrogen) atoms. The minimum Gasteiger partial charge on any atom is -0.385 e. The number of methoxy groups -OCH3 is 1. The van der Waals surface area contributed by atoms with E-state index in [2.05, 4.69) is 4.98 Å². The van der Waals surface area contributed by atoms with Crippen LogP contribution in [0.25, 0.3) is 16.9 Å². The van der Waals surface area contributed by atoms with Crippen LogP contribution in [0.2, 0.25) is 0 Å². The Morgan fingerprint density at radius 3 is 2.81 bits per heavy atom. The highest BCUT2D eigenvalue weighted by molar-refractivity contribution is 5.74. The molecular formula is C23H25F2N3O3. The molecule has 1 aliphatic rings. The maximum atomic E-state index is 14.7. The summed E-state index contributed by atoms with van der Waals surface area (Å²) in [5.41, 5.74) is 2.11. The van der Waals surface area contributed by atoms with E-state index in [0.29, 0.717) is 30.2 Å². The predicted octanol–water partition coefficient (Wildman–Crippen LogP) is 3.95. The zero-order valence-corrected chi connectivity index (χ0v) is 17.8. The molecule has 2 aromatic heterocycles. The second-order valence-corrected chi connectivity index (χ2v) is 7.96. The van der Waals surface area contributed by atoms with Gasteiger partial charge in [0.1, 0.15) is 17.3 Å². The van der Waals surface area contributed by atoms with Gasteiger partial charge in [-0.2, -0.15) is 0 Å². The van der Waals surface area contributed by atoms with Crippen molar-refractivity contribution in [2.24, 2.45) is 0 Å². The van der Waals surface area contributed by atoms with Gasteiger partial charge < -0.3 is 9.47 Å². The summed E-state index contributed by atoms with van der Waals surface area (Å²) >= 11 is 0. The highest BCUT2D eigenvalue weighted by Crippen LogP contribution is 2.33. The molecule has 3 aromatic rings. The lowest BCUT2D eigenvalue weighted by Crippen LogP contribution is -2.27. The number of ether oxygens (including phenoxy) is 2. The summed E-state index contributed by atoms with van der Waals surface area (Å²) in [6, 6.07) is 3.33. The first-order valence-corrected chi connectivity index (χ1v) is 10.4. The quantitative estimate of drug-likeness (QED) is 0.615. The summed E-state index contributed by atoms with van der Waals surface area (Å²) in [6.07, 6.45) is 3.95. The lowest BCUT2D eigenvalue weighted by molar-refractivity contribution is -0.0110. The molecule has 0 radical (unpaired) electrons. The van der Waals surface area contributed by atoms with Gasteiger partial charge >= 0.3 is 0 Å². The van der Waals surface area contributed by atoms with Crippen LogP contribution >= 0.6 is 0 Å². The van der Waals surface area contributed by atoms with Gasteiger partial charge in [-0.1, -0.05) is 0 Å². The average molecular weight is 429 g/mol. The lowest BCUT2D eigenvalue weighted by Gasteiger charge is -2.29. The summed E-state index contributed by atoms with van der Waals surface area (Å²) in [5.74, 6) is -1.39. The number of halogens is 2. The predicted molar refractivity (Wildman–Crippen MR) is 112 cm³/mol. The fraction of sp³-hybridized carbons (Fsp3) is 0.435. The molecule has 0 aliphatic carbocycles. The summed E-state index contributed by atoms with van der Waals surface area (Å²) in [6.45, 7) is 4.61. The Labute approximate surface area is 178 Å². The van der Waals surface area contributed by atoms with E-state index >= 15 is 0 Å². The number of nitrogens with zero attached hydrogens (tertiary/aromatic N) is 3. The fourth-order valence-electron chi connectivity index (χ4n) is 4.01. The number of aromatic nitrogens is 3. The Morgan fingerprint density at radius 1 is 1.26 bits per heavy atom. The van der Waals surface area contributed by atoms with Crippen molar-refractivity contribution in [3.8, 4) is 11.3 Å². The molecule has 0 amide bonds. The van der Waals surface area contributed by atoms with Crippen molar-refractivity contribution in [2.45, 2.75) is 45.1 Å². The second kappa shape index (κ2) is 8.80. The van der Waals surface area contributed by atoms with Crippen LogP contribution in [0.3, 0.4) is 0 Å². The summed E-state index contributed by atoms with van der Waals surface area (Å²) in [4.78, 5) is 22.3. The van der Waals surface area contributed by atoms with Crippen LogP contribution in [0.1, 0.15) is 42.1 Å². The largest absolute Gasteiger partial charge is 0.385 e. The third kappa shape index (κ3) is 4.22. The molecule has 2 atom stereocenters. The molecule has 8 heteroatoms. The Bertz CT molecular complexity index is 1180. The number of aryl methyl sites for hydroxylation is 1. The Balaban J connectivity index is 1.88. The van der Waals surface area contributed by atoms with Crippen LogP contribution < -0.4 is 5.56 Å². The Kier molecular flexibility index (Phi) is 6.11. The molecule has 164 valence electrons. The van der Waals surface area contributed by atoms with Gasteiger partial charge in [0.2, 0.25) is 0 Å². The number of fused-ring (bicyclic) bond motifs is 1. The molecular weight excluding hydrogens is 404 g/mol. The minimum absolute atomic E-state index is 0.0248. The van der Waals surface area contributed by atoms with Gasteiger partial charge in [0.15, 0.2) is 5.65 Å². The maximum Gasteiger partial charge on any atom is 0.261 e. The van der Waals surface area contributed by atoms with Gasteiger partial charge in [-0.15, -0.1) is 0 Å². The monoisotopic (exact) mass is 429 g/mol. The van der Waals surface area contributed by atoms with E-state index in [9.17, 15) is 13.6 Å². The normalized spacial score (nSPS) is 19.1. The van der Waals surface area contributed by atoms with Gasteiger partial charge in [0.05, 0.1) is 11.8 Å². The average Bonchev–Trinajstić information content (AvgIpc) is 2.76. The van der Waals surface area contributed by atoms with Gasteiger partial charge in [-0.3, -0.25) is 9.20 Å². The van der Waals surface area contributed by atoms with E-state index in [1.54, 1.807) is 27.2 Å². The summed E-state index contributed by atoms with van der Waals surface area (Å²) < 4.78 is 40.6. The van der Waals surface area contributed by atoms with Gasteiger partial charge in [-0.25, -0.2) is 18.7 Å². The SMILES string of the molecule is COCC[C@@H]1C[C@H](c2cn3c(=O)c(C)c(C)nc3c(-c3ccc(F)cc3F)n2)CCO1. The topological polar surface area (TPSA) is 65.7 Å². The number of rotatable bonds is 5. The molecule has 1 fully saturated rings. The summed E-state index contributed by atoms with van der Waals surface area (Å²) in [7, 11) is 1.65. The van der Waals surface area contributed by atoms with Gasteiger partial charge in [0, 0.05) is 55.3 Å². The molecule has 0 unspecified atom stereocenters. The molecule has 1 saturated heterocycles. The van der Waals surface area contributed by atoms with Crippen molar-refractivity contribution >= 4 is 5.65 Å². The van der Waals surface area contributed by atoms with Crippen LogP contribution in [-0.4, -0.2) is 40.8 Å². The molecule has 0 saturated carbocycles. The van der Waals surface area contributed by atoms with Crippen LogP contribution in [0.4, 0.5) is 8.78 Å². The molecule has 0 N–H and O–H groups in total. The first-order chi connectivity index (χ1) is 14.9. The molecule has 4 rings (SSSR count). The molecule has 6 nitrogen and oxygen atoms in total. The van der Waals surface area contributed by atoms with Crippen LogP contribution in [0.15, 0.2) is 29.2 Å². The van der Waals surface area contributed by atoms with Gasteiger partial charge in [0.25, 0.3) is 5.56 Å². The molecule has 1 aromatic carbocycles. The maximum absolute atomic E-state index is 14.7. The van der Waals surface area contributed by atoms with Crippen LogP contribution in [0.5, 0.6) is 0 Å². The zero-order valence-electron chi connectivity index (χ0n) is 17.8. The molecule has 1 aliphatic heterocycles. The van der Waals surface area contributed by atoms with E-state index in [0.717, 1.165) is 25.3 Å². The van der Waals surface area contributed by atoms with Crippen LogP contribution in [0, 0.1) is 25.5 Å². The molecule has 3 heterocycles. The Hall–Kier alpha value is -2.71. The van der Waals surface area contributed by atoms with Crippen LogP contribution in [-0.2, 0) is 9.47 Å². The van der Waals surface area contributed by atoms with E-state index in [1.807, 2.05) is 0 Å². The van der Waals surface area contributed by atoms with Crippen molar-refractivity contribution in [1.82, 2.24) is 14.4 Å². The first kappa shape index (κ1) is 21.5. The highest BCUT2D eigenvalue weighted by Gasteiger charge is 2.27. The smallest absolute Gasteiger partial charge is 0.261 e. The minimum atomic E-state index is -0.746. The molecule has 0 spiro atoms. The van der Waals surface area contributed by atoms with E-state index < -0.39 is 11.6 Å². The number of benzene rings is 1. The van der Waals surface area contributed by atoms with Crippen molar-refractivity contribution in [1.29, 1.82) is 0 Å². The third-order valence-corrected chi connectivity index (χ3v) is 5.91. The standard InChI is InChI=1S/C23H25F2N3O3/c1-13-14(2)26-22-21(18-5-4-16(24)11-19(18)25)27-20(12-28(22)23(13)29)15-6-9-31-17(10-15)7-8-30-3/h4-5,11-12,15,17H,6-10H2,1-3H3/t15-,17-/m1/s1. The zero-order chi connectivity index (χ0) is 22.1. The van der Waals surface area contributed by atoms with Crippen molar-refractivity contribution in [2.75, 3.05) is 20.3 Å². The van der Waals surface area contributed by atoms with E-state index in [-0.39, 0.29) is 34.5 Å². The third-order valence-electron chi connectivity index (χ3n) is 5.91. The first-order valence-electron chi connectivity index (χ1n) is 10.4. The lowest BCUT2D eigenvalue weighted by atomic mass is 9.91. The van der Waals surface area contributed by atoms with E-state index in [4.69, 9.17) is 14.5 Å². The molecule has 0 bridgehead atoms. The number of hydrogen-bond acceptors (Lipinski definition) is 5. The van der Waals surface area contributed by atoms with E-state index in [1.165, 1.54) is 16.5 Å². The van der Waals surface area contributed by atoms with Crippen molar-refractivity contribution in [3.63, 3.8) is 0 Å². The second-order valence-electron chi connectivity index (χ2n) is 7.96.